The van der Waals surface area contributed by atoms with Crippen LogP contribution in [0.5, 0.6) is 0 Å². The van der Waals surface area contributed by atoms with Gasteiger partial charge in [0.25, 0.3) is 0 Å². The Morgan fingerprint density at radius 3 is 2.38 bits per heavy atom. The molecule has 2 heterocycles. The average molecular weight is 398 g/mol. The number of aromatic nitrogens is 1. The highest BCUT2D eigenvalue weighted by molar-refractivity contribution is 7.89. The molecule has 1 N–H and O–H groups in total. The van der Waals surface area contributed by atoms with Crippen molar-refractivity contribution < 1.29 is 21.6 Å². The van der Waals surface area contributed by atoms with E-state index in [1.807, 2.05) is 17.5 Å². The molecule has 0 bridgehead atoms. The van der Waals surface area contributed by atoms with Crippen molar-refractivity contribution in [2.75, 3.05) is 0 Å². The Labute approximate surface area is 152 Å². The summed E-state index contributed by atoms with van der Waals surface area (Å²) in [5.74, 6) is 0. The van der Waals surface area contributed by atoms with E-state index in [4.69, 9.17) is 0 Å². The molecule has 0 amide bonds. The number of pyridine rings is 1. The van der Waals surface area contributed by atoms with Crippen LogP contribution in [0, 0.1) is 0 Å². The minimum absolute atomic E-state index is 0.0234. The number of nitrogens with zero attached hydrogens (tertiary/aromatic N) is 1. The van der Waals surface area contributed by atoms with Gasteiger partial charge < -0.3 is 0 Å². The number of thiophene rings is 1. The van der Waals surface area contributed by atoms with E-state index in [1.54, 1.807) is 18.3 Å². The first kappa shape index (κ1) is 18.6. The van der Waals surface area contributed by atoms with Gasteiger partial charge in [-0.2, -0.15) is 13.2 Å². The highest BCUT2D eigenvalue weighted by atomic mass is 32.2. The van der Waals surface area contributed by atoms with Gasteiger partial charge in [-0.15, -0.1) is 11.3 Å². The Kier molecular flexibility index (Phi) is 5.12. The Morgan fingerprint density at radius 1 is 1.04 bits per heavy atom. The van der Waals surface area contributed by atoms with E-state index < -0.39 is 21.8 Å². The molecule has 0 fully saturated rings. The van der Waals surface area contributed by atoms with Gasteiger partial charge in [0, 0.05) is 12.7 Å². The van der Waals surface area contributed by atoms with Crippen LogP contribution in [0.2, 0.25) is 0 Å². The molecule has 0 aliphatic carbocycles. The van der Waals surface area contributed by atoms with Crippen molar-refractivity contribution in [3.05, 3.63) is 71.2 Å². The lowest BCUT2D eigenvalue weighted by atomic mass is 10.2. The number of rotatable bonds is 5. The van der Waals surface area contributed by atoms with Crippen LogP contribution in [0.15, 0.2) is 65.0 Å². The molecule has 9 heteroatoms. The van der Waals surface area contributed by atoms with Gasteiger partial charge in [-0.1, -0.05) is 12.1 Å². The predicted molar refractivity (Wildman–Crippen MR) is 93.0 cm³/mol. The normalized spacial score (nSPS) is 12.3. The number of benzene rings is 1. The SMILES string of the molecule is O=S(=O)(NCc1cccnc1-c1cccs1)c1ccc(C(F)(F)F)cc1. The lowest BCUT2D eigenvalue weighted by molar-refractivity contribution is -0.137. The first-order valence-corrected chi connectivity index (χ1v) is 9.78. The Hall–Kier alpha value is -2.23. The standard InChI is InChI=1S/C17H13F3N2O2S2/c18-17(19,20)13-5-7-14(8-6-13)26(23,24)22-11-12-3-1-9-21-16(12)15-4-2-10-25-15/h1-10,22H,11H2. The monoisotopic (exact) mass is 398 g/mol. The molecule has 2 aromatic heterocycles. The number of alkyl halides is 3. The van der Waals surface area contributed by atoms with Gasteiger partial charge in [-0.25, -0.2) is 13.1 Å². The largest absolute Gasteiger partial charge is 0.416 e. The van der Waals surface area contributed by atoms with Crippen molar-refractivity contribution in [2.45, 2.75) is 17.6 Å². The van der Waals surface area contributed by atoms with Crippen LogP contribution >= 0.6 is 11.3 Å². The zero-order chi connectivity index (χ0) is 18.8. The summed E-state index contributed by atoms with van der Waals surface area (Å²) in [6.45, 7) is -0.0234. The molecule has 0 atom stereocenters. The molecule has 4 nitrogen and oxygen atoms in total. The first-order valence-electron chi connectivity index (χ1n) is 7.42. The molecule has 0 aliphatic heterocycles. The van der Waals surface area contributed by atoms with E-state index in [2.05, 4.69) is 9.71 Å². The maximum absolute atomic E-state index is 12.6. The second-order valence-corrected chi connectivity index (χ2v) is 8.05. The zero-order valence-corrected chi connectivity index (χ0v) is 14.8. The fourth-order valence-electron chi connectivity index (χ4n) is 2.30. The van der Waals surface area contributed by atoms with Gasteiger partial charge in [-0.3, -0.25) is 4.98 Å². The number of hydrogen-bond donors (Lipinski definition) is 1. The highest BCUT2D eigenvalue weighted by Gasteiger charge is 2.30. The Balaban J connectivity index is 1.80. The second-order valence-electron chi connectivity index (χ2n) is 5.34. The summed E-state index contributed by atoms with van der Waals surface area (Å²) in [5.41, 5.74) is 0.437. The summed E-state index contributed by atoms with van der Waals surface area (Å²) in [5, 5.41) is 1.89. The summed E-state index contributed by atoms with van der Waals surface area (Å²) in [7, 11) is -3.95. The minimum Gasteiger partial charge on any atom is -0.255 e. The maximum atomic E-state index is 12.6. The van der Waals surface area contributed by atoms with Crippen molar-refractivity contribution in [1.82, 2.24) is 9.71 Å². The van der Waals surface area contributed by atoms with Gasteiger partial charge in [-0.05, 0) is 47.3 Å². The topological polar surface area (TPSA) is 59.1 Å². The molecule has 1 aromatic carbocycles. The van der Waals surface area contributed by atoms with Crippen molar-refractivity contribution in [3.8, 4) is 10.6 Å². The van der Waals surface area contributed by atoms with Gasteiger partial charge in [0.05, 0.1) is 21.0 Å². The average Bonchev–Trinajstić information content (AvgIpc) is 3.14. The van der Waals surface area contributed by atoms with Crippen LogP contribution in [-0.2, 0) is 22.7 Å². The van der Waals surface area contributed by atoms with E-state index in [-0.39, 0.29) is 11.4 Å². The predicted octanol–water partition coefficient (Wildman–Crippen LogP) is 4.31. The summed E-state index contributed by atoms with van der Waals surface area (Å²) in [6.07, 6.45) is -2.90. The van der Waals surface area contributed by atoms with Crippen LogP contribution in [0.25, 0.3) is 10.6 Å². The molecule has 0 unspecified atom stereocenters. The molecule has 0 spiro atoms. The van der Waals surface area contributed by atoms with Crippen LogP contribution in [0.3, 0.4) is 0 Å². The minimum atomic E-state index is -4.51. The Bertz CT molecular complexity index is 984. The molecule has 0 aliphatic rings. The molecule has 0 saturated carbocycles. The van der Waals surface area contributed by atoms with E-state index in [0.29, 0.717) is 11.3 Å². The summed E-state index contributed by atoms with van der Waals surface area (Å²) >= 11 is 1.48. The van der Waals surface area contributed by atoms with Gasteiger partial charge >= 0.3 is 6.18 Å². The van der Waals surface area contributed by atoms with Crippen molar-refractivity contribution in [1.29, 1.82) is 0 Å². The van der Waals surface area contributed by atoms with E-state index in [1.165, 1.54) is 11.3 Å². The lowest BCUT2D eigenvalue weighted by Gasteiger charge is -2.11. The molecular weight excluding hydrogens is 385 g/mol. The van der Waals surface area contributed by atoms with Gasteiger partial charge in [0.15, 0.2) is 0 Å². The maximum Gasteiger partial charge on any atom is 0.416 e. The number of sulfonamides is 1. The zero-order valence-electron chi connectivity index (χ0n) is 13.2. The van der Waals surface area contributed by atoms with E-state index in [0.717, 1.165) is 29.1 Å². The highest BCUT2D eigenvalue weighted by Crippen LogP contribution is 2.30. The molecule has 3 aromatic rings. The third kappa shape index (κ3) is 4.12. The summed E-state index contributed by atoms with van der Waals surface area (Å²) in [6, 6.07) is 10.6. The number of nitrogens with one attached hydrogen (secondary N) is 1. The number of halogens is 3. The van der Waals surface area contributed by atoms with Gasteiger partial charge in [0.2, 0.25) is 10.0 Å². The van der Waals surface area contributed by atoms with Crippen LogP contribution in [0.4, 0.5) is 13.2 Å². The number of hydrogen-bond acceptors (Lipinski definition) is 4. The molecule has 3 rings (SSSR count). The summed E-state index contributed by atoms with van der Waals surface area (Å²) in [4.78, 5) is 4.95. The van der Waals surface area contributed by atoms with Crippen molar-refractivity contribution >= 4 is 21.4 Å². The van der Waals surface area contributed by atoms with Crippen molar-refractivity contribution in [2.24, 2.45) is 0 Å². The Morgan fingerprint density at radius 2 is 1.77 bits per heavy atom. The van der Waals surface area contributed by atoms with Crippen LogP contribution in [0.1, 0.15) is 11.1 Å². The molecule has 0 saturated heterocycles. The lowest BCUT2D eigenvalue weighted by Crippen LogP contribution is -2.23. The third-order valence-electron chi connectivity index (χ3n) is 3.59. The smallest absolute Gasteiger partial charge is 0.255 e. The third-order valence-corrected chi connectivity index (χ3v) is 5.88. The summed E-state index contributed by atoms with van der Waals surface area (Å²) < 4.78 is 64.9. The first-order chi connectivity index (χ1) is 12.3. The van der Waals surface area contributed by atoms with E-state index in [9.17, 15) is 21.6 Å². The molecule has 0 radical (unpaired) electrons. The second kappa shape index (κ2) is 7.18. The molecule has 26 heavy (non-hydrogen) atoms. The fraction of sp³-hybridized carbons (Fsp3) is 0.118. The van der Waals surface area contributed by atoms with Crippen LogP contribution in [-0.4, -0.2) is 13.4 Å². The fourth-order valence-corrected chi connectivity index (χ4v) is 4.06. The van der Waals surface area contributed by atoms with Crippen molar-refractivity contribution in [3.63, 3.8) is 0 Å². The molecule has 136 valence electrons. The molecular formula is C17H13F3N2O2S2. The quantitative estimate of drug-likeness (QED) is 0.697. The van der Waals surface area contributed by atoms with E-state index >= 15 is 0 Å². The van der Waals surface area contributed by atoms with Gasteiger partial charge in [0.1, 0.15) is 0 Å². The van der Waals surface area contributed by atoms with Crippen LogP contribution < -0.4 is 4.72 Å².